The summed E-state index contributed by atoms with van der Waals surface area (Å²) in [4.78, 5) is 102. The molecule has 0 saturated heterocycles. The van der Waals surface area contributed by atoms with E-state index in [4.69, 9.17) is 24.7 Å². The number of aryl methyl sites for hydroxylation is 4. The zero-order valence-electron chi connectivity index (χ0n) is 85.7. The number of carbonyl (C=O) groups excluding carboxylic acids is 9. The number of benzene rings is 6. The van der Waals surface area contributed by atoms with Crippen LogP contribution in [-0.2, 0) is 68.8 Å². The van der Waals surface area contributed by atoms with Crippen molar-refractivity contribution in [2.24, 2.45) is 71.0 Å². The second kappa shape index (κ2) is 76.6. The number of hydrogen-bond acceptors (Lipinski definition) is 14. The van der Waals surface area contributed by atoms with Gasteiger partial charge >= 0.3 is 0 Å². The van der Waals surface area contributed by atoms with Crippen molar-refractivity contribution in [2.75, 3.05) is 33.2 Å². The van der Waals surface area contributed by atoms with Crippen LogP contribution in [-0.4, -0.2) is 79.5 Å². The molecule has 0 radical (unpaired) electrons. The first-order valence-electron chi connectivity index (χ1n) is 49.2. The van der Waals surface area contributed by atoms with E-state index in [1.807, 2.05) is 236 Å². The lowest BCUT2D eigenvalue weighted by atomic mass is 9.85. The number of nitrogen functional groups attached to an aromatic ring is 1. The molecule has 2 unspecified atom stereocenters. The van der Waals surface area contributed by atoms with E-state index in [2.05, 4.69) is 75.4 Å². The van der Waals surface area contributed by atoms with Gasteiger partial charge in [0.05, 0.1) is 20.8 Å². The predicted octanol–water partition coefficient (Wildman–Crippen LogP) is 29.4. The third kappa shape index (κ3) is 66.4. The Morgan fingerprint density at radius 1 is 0.392 bits per heavy atom. The predicted molar refractivity (Wildman–Crippen MR) is 543 cm³/mol. The van der Waals surface area contributed by atoms with Gasteiger partial charge in [0.2, 0.25) is 0 Å². The molecule has 728 valence electrons. The first-order chi connectivity index (χ1) is 61.6. The topological polar surface area (TPSA) is 217 Å². The molecular weight excluding hydrogens is 1620 g/mol. The molecule has 7 rings (SSSR count). The molecule has 130 heavy (non-hydrogen) atoms. The van der Waals surface area contributed by atoms with E-state index < -0.39 is 5.82 Å². The van der Waals surface area contributed by atoms with Gasteiger partial charge in [-0.25, -0.2) is 4.39 Å². The summed E-state index contributed by atoms with van der Waals surface area (Å²) in [6.45, 7) is 46.2. The standard InChI is InChI=1S/C15H22O.C14H19FO3.C14H26O.C14H20O.C13H19NO.C13H18O2.C13H24O.C11H14O2.C8H16O/c1-13(2)15(16)12-8-4-7-11-14-9-5-3-6-10-14;1-9(2)12(16)6-5-10-7-11(15)14(18-4)13(8-10)17-3;2*1-12(2)14(15)11-7-6-10-13-8-4-3-5-9-13;1-10(2)13(15)5-3-4-11-6-8-12(14)9-7-11;1-11(2)13(14)9-6-10-15-12-7-4-3-5-8-12;1-10(2)7-6-8-12(5)9-13(14)11(3)4;1-9(2)11(12)8-13-10-6-4-3-5-7-10;1-5-7(4)8(9)6(2)3/h3,5-6,9-10,13H,4,7-8,11-12H2,1-2H3;7-9H,5-6H2,1-4H3;12-13H,3-11H2,1-2H3;3-5,8-9,12H,6-7,10-11H2,1-2H3;6-10H,3-5,14H2,1-2H3;3-5,7-8,11H,6,9-10H2,1-2H3;7,11-12H,6,8-9H2,1-5H3;3-7,9H,8H2,1-2H3;6-7H,5H2,1-4H3. The molecule has 6 aromatic carbocycles. The number of rotatable bonds is 49. The molecule has 0 spiro atoms. The summed E-state index contributed by atoms with van der Waals surface area (Å²) in [6.07, 6.45) is 32.1. The molecule has 2 N–H and O–H groups in total. The van der Waals surface area contributed by atoms with E-state index in [0.29, 0.717) is 84.4 Å². The third-order valence-electron chi connectivity index (χ3n) is 22.5. The highest BCUT2D eigenvalue weighted by atomic mass is 19.1. The summed E-state index contributed by atoms with van der Waals surface area (Å²) in [5, 5.41) is 0. The fourth-order valence-electron chi connectivity index (χ4n) is 13.1. The highest BCUT2D eigenvalue weighted by molar-refractivity contribution is 5.84. The van der Waals surface area contributed by atoms with Crippen molar-refractivity contribution in [3.8, 4) is 23.0 Å². The number of methoxy groups -OCH3 is 2. The van der Waals surface area contributed by atoms with Crippen LogP contribution in [0.25, 0.3) is 0 Å². The van der Waals surface area contributed by atoms with Gasteiger partial charge in [0.25, 0.3) is 0 Å². The average Bonchev–Trinajstić information content (AvgIpc) is 0.835. The number of para-hydroxylation sites is 2. The number of unbranched alkanes of at least 4 members (excludes halogenated alkanes) is 4. The van der Waals surface area contributed by atoms with Gasteiger partial charge in [-0.1, -0.05) is 318 Å². The Kier molecular flexibility index (Phi) is 72.5. The average molecular weight is 1800 g/mol. The lowest BCUT2D eigenvalue weighted by molar-refractivity contribution is -0.125. The molecule has 2 atom stereocenters. The second-order valence-electron chi connectivity index (χ2n) is 37.8. The smallest absolute Gasteiger partial charge is 0.196 e. The largest absolute Gasteiger partial charge is 0.494 e. The highest BCUT2D eigenvalue weighted by Gasteiger charge is 2.19. The van der Waals surface area contributed by atoms with Crippen molar-refractivity contribution in [3.05, 3.63) is 197 Å². The van der Waals surface area contributed by atoms with Gasteiger partial charge < -0.3 is 24.7 Å². The maximum absolute atomic E-state index is 13.7. The number of Topliss-reactive ketones (excluding diaryl/α,β-unsaturated/α-hetero) is 9. The summed E-state index contributed by atoms with van der Waals surface area (Å²) in [5.41, 5.74) is 12.5. The third-order valence-corrected chi connectivity index (χ3v) is 22.5. The van der Waals surface area contributed by atoms with Crippen LogP contribution in [0.4, 0.5) is 10.1 Å². The molecule has 14 nitrogen and oxygen atoms in total. The van der Waals surface area contributed by atoms with Crippen LogP contribution in [0, 0.1) is 76.8 Å². The van der Waals surface area contributed by atoms with Gasteiger partial charge in [-0.05, 0) is 186 Å². The monoisotopic (exact) mass is 1800 g/mol. The summed E-state index contributed by atoms with van der Waals surface area (Å²) in [6, 6.07) is 51.0. The molecule has 15 heteroatoms. The van der Waals surface area contributed by atoms with Crippen LogP contribution in [0.5, 0.6) is 23.0 Å². The Labute approximate surface area is 789 Å². The normalized spacial score (nSPS) is 11.9. The number of nitrogens with two attached hydrogens (primary N) is 1. The molecule has 0 aromatic heterocycles. The Bertz CT molecular complexity index is 3900. The molecule has 0 bridgehead atoms. The van der Waals surface area contributed by atoms with Gasteiger partial charge in [-0.2, -0.15) is 0 Å². The number of anilines is 1. The molecule has 1 aliphatic carbocycles. The summed E-state index contributed by atoms with van der Waals surface area (Å²) < 4.78 is 34.4. The number of carbonyl (C=O) groups is 9. The van der Waals surface area contributed by atoms with Crippen LogP contribution < -0.4 is 24.7 Å². The van der Waals surface area contributed by atoms with Crippen LogP contribution in [0.2, 0.25) is 0 Å². The molecule has 1 saturated carbocycles. The van der Waals surface area contributed by atoms with Crippen molar-refractivity contribution >= 4 is 57.7 Å². The minimum absolute atomic E-state index is 0.00925. The van der Waals surface area contributed by atoms with Crippen molar-refractivity contribution in [2.45, 2.75) is 345 Å². The lowest BCUT2D eigenvalue weighted by Crippen LogP contribution is -2.16. The summed E-state index contributed by atoms with van der Waals surface area (Å²) in [7, 11) is 2.85. The Balaban J connectivity index is 0. The van der Waals surface area contributed by atoms with Crippen molar-refractivity contribution in [3.63, 3.8) is 0 Å². The van der Waals surface area contributed by atoms with E-state index >= 15 is 0 Å². The van der Waals surface area contributed by atoms with Crippen molar-refractivity contribution in [1.82, 2.24) is 0 Å². The van der Waals surface area contributed by atoms with E-state index in [1.165, 1.54) is 93.9 Å². The summed E-state index contributed by atoms with van der Waals surface area (Å²) in [5.74, 6) is 7.74. The van der Waals surface area contributed by atoms with E-state index in [-0.39, 0.29) is 83.1 Å². The number of hydrogen-bond donors (Lipinski definition) is 1. The fourth-order valence-corrected chi connectivity index (χ4v) is 13.1. The summed E-state index contributed by atoms with van der Waals surface area (Å²) >= 11 is 0. The fraction of sp³-hybridized carbons (Fsp3) is 0.591. The number of ether oxygens (including phenoxy) is 4. The van der Waals surface area contributed by atoms with Crippen molar-refractivity contribution in [1.29, 1.82) is 0 Å². The van der Waals surface area contributed by atoms with Crippen LogP contribution >= 0.6 is 0 Å². The first kappa shape index (κ1) is 123. The van der Waals surface area contributed by atoms with Gasteiger partial charge in [-0.3, -0.25) is 43.2 Å². The first-order valence-corrected chi connectivity index (χ1v) is 49.2. The van der Waals surface area contributed by atoms with E-state index in [0.717, 1.165) is 138 Å². The Morgan fingerprint density at radius 3 is 1.18 bits per heavy atom. The van der Waals surface area contributed by atoms with Crippen LogP contribution in [0.15, 0.2) is 169 Å². The molecule has 1 aliphatic rings. The van der Waals surface area contributed by atoms with Crippen molar-refractivity contribution < 1.29 is 66.5 Å². The van der Waals surface area contributed by atoms with Crippen LogP contribution in [0.1, 0.15) is 342 Å². The lowest BCUT2D eigenvalue weighted by Gasteiger charge is -2.21. The number of allylic oxidation sites excluding steroid dienone is 2. The van der Waals surface area contributed by atoms with Gasteiger partial charge in [0, 0.05) is 110 Å². The second-order valence-corrected chi connectivity index (χ2v) is 37.8. The molecule has 6 aromatic rings. The van der Waals surface area contributed by atoms with Gasteiger partial charge in [-0.15, -0.1) is 0 Å². The SMILES string of the molecule is CC(C)=CCCC(C)CC(=O)C(C)C.CC(C)C(=O)CCCCC1CCCCC1.CC(C)C(=O)CCCCCc1ccccc1.CC(C)C(=O)CCCCc1ccccc1.CC(C)C(=O)CCCOc1ccccc1.CC(C)C(=O)CCCc1ccc(N)cc1.CC(C)C(=O)COc1ccccc1.CCC(C)C(=O)C(C)C.COc1cc(CCC(=O)C(C)C)cc(F)c1OC. The minimum Gasteiger partial charge on any atom is -0.494 e. The molecule has 1 fully saturated rings. The maximum atomic E-state index is 13.7. The molecule has 0 aliphatic heterocycles. The highest BCUT2D eigenvalue weighted by Crippen LogP contribution is 2.33. The van der Waals surface area contributed by atoms with E-state index in [9.17, 15) is 47.5 Å². The number of halogens is 1. The van der Waals surface area contributed by atoms with Crippen LogP contribution in [0.3, 0.4) is 0 Å². The maximum Gasteiger partial charge on any atom is 0.196 e. The Morgan fingerprint density at radius 2 is 0.777 bits per heavy atom. The molecule has 0 amide bonds. The quantitative estimate of drug-likeness (QED) is 0.0214. The minimum atomic E-state index is -0.469. The number of ketones is 9. The van der Waals surface area contributed by atoms with E-state index in [1.54, 1.807) is 6.07 Å². The zero-order chi connectivity index (χ0) is 98.3. The molecule has 0 heterocycles. The molecular formula is C115H178FNO13. The zero-order valence-corrected chi connectivity index (χ0v) is 85.7. The Hall–Kier alpha value is -8.98. The van der Waals surface area contributed by atoms with Gasteiger partial charge in [0.15, 0.2) is 23.1 Å². The van der Waals surface area contributed by atoms with Gasteiger partial charge in [0.1, 0.15) is 64.4 Å².